The van der Waals surface area contributed by atoms with Crippen molar-refractivity contribution in [2.45, 2.75) is 39.0 Å². The SMILES string of the molecule is C=C(C=C1CCCCC(CC(=O)OCC)[C]1=[W])OC. The van der Waals surface area contributed by atoms with E-state index in [9.17, 15) is 4.79 Å². The van der Waals surface area contributed by atoms with Gasteiger partial charge in [0.25, 0.3) is 0 Å². The van der Waals surface area contributed by atoms with Crippen LogP contribution in [0.15, 0.2) is 24.0 Å². The second-order valence-corrected chi connectivity index (χ2v) is 6.24. The van der Waals surface area contributed by atoms with Gasteiger partial charge in [-0.3, -0.25) is 0 Å². The van der Waals surface area contributed by atoms with Crippen LogP contribution in [-0.4, -0.2) is 23.6 Å². The molecule has 1 unspecified atom stereocenters. The van der Waals surface area contributed by atoms with Crippen molar-refractivity contribution in [1.82, 2.24) is 0 Å². The van der Waals surface area contributed by atoms with Crippen molar-refractivity contribution in [2.24, 2.45) is 5.92 Å². The summed E-state index contributed by atoms with van der Waals surface area (Å²) in [5.74, 6) is 0.927. The molecule has 0 N–H and O–H groups in total. The summed E-state index contributed by atoms with van der Waals surface area (Å²) in [4.78, 5) is 11.7. The number of carbonyl (C=O) groups excluding carboxylic acids is 1. The Morgan fingerprint density at radius 3 is 2.89 bits per heavy atom. The zero-order valence-electron chi connectivity index (χ0n) is 11.7. The van der Waals surface area contributed by atoms with Crippen LogP contribution in [0.3, 0.4) is 0 Å². The molecule has 0 amide bonds. The Hall–Kier alpha value is -0.692. The van der Waals surface area contributed by atoms with E-state index < -0.39 is 0 Å². The fourth-order valence-electron chi connectivity index (χ4n) is 2.24. The van der Waals surface area contributed by atoms with Crippen LogP contribution in [0.25, 0.3) is 0 Å². The number of carbonyl (C=O) groups is 1. The van der Waals surface area contributed by atoms with E-state index in [2.05, 4.69) is 6.58 Å². The molecule has 1 saturated carbocycles. The number of methoxy groups -OCH3 is 1. The third kappa shape index (κ3) is 5.44. The predicted octanol–water partition coefficient (Wildman–Crippen LogP) is 2.94. The second kappa shape index (κ2) is 8.47. The van der Waals surface area contributed by atoms with Gasteiger partial charge in [0.05, 0.1) is 0 Å². The fourth-order valence-corrected chi connectivity index (χ4v) is 3.54. The van der Waals surface area contributed by atoms with Crippen molar-refractivity contribution in [3.8, 4) is 0 Å². The number of hydrogen-bond acceptors (Lipinski definition) is 3. The van der Waals surface area contributed by atoms with Crippen molar-refractivity contribution < 1.29 is 33.6 Å². The number of ether oxygens (including phenoxy) is 2. The zero-order valence-corrected chi connectivity index (χ0v) is 14.7. The molecule has 1 aliphatic carbocycles. The summed E-state index contributed by atoms with van der Waals surface area (Å²) in [5.41, 5.74) is 1.30. The molecule has 0 saturated heterocycles. The summed E-state index contributed by atoms with van der Waals surface area (Å²) in [6.07, 6.45) is 6.99. The average Bonchev–Trinajstić information content (AvgIpc) is 2.54. The van der Waals surface area contributed by atoms with Gasteiger partial charge in [0.1, 0.15) is 0 Å². The minimum absolute atomic E-state index is 0.0851. The van der Waals surface area contributed by atoms with E-state index in [0.29, 0.717) is 24.7 Å². The summed E-state index contributed by atoms with van der Waals surface area (Å²) >= 11 is 1.43. The monoisotopic (exact) mass is 434 g/mol. The summed E-state index contributed by atoms with van der Waals surface area (Å²) in [7, 11) is 1.63. The molecular formula is C15H22O3W. The van der Waals surface area contributed by atoms with E-state index >= 15 is 0 Å². The Bertz CT molecular complexity index is 385. The Labute approximate surface area is 126 Å². The molecule has 0 aliphatic heterocycles. The first-order valence-corrected chi connectivity index (χ1v) is 8.18. The maximum absolute atomic E-state index is 11.7. The van der Waals surface area contributed by atoms with Gasteiger partial charge in [-0.05, 0) is 0 Å². The zero-order chi connectivity index (χ0) is 14.3. The van der Waals surface area contributed by atoms with Crippen LogP contribution in [0.4, 0.5) is 0 Å². The van der Waals surface area contributed by atoms with Gasteiger partial charge in [-0.15, -0.1) is 0 Å². The molecule has 0 aromatic carbocycles. The van der Waals surface area contributed by atoms with Gasteiger partial charge < -0.3 is 0 Å². The van der Waals surface area contributed by atoms with Crippen molar-refractivity contribution in [2.75, 3.05) is 13.7 Å². The first kappa shape index (κ1) is 16.4. The molecule has 0 heterocycles. The molecule has 0 aromatic rings. The predicted molar refractivity (Wildman–Crippen MR) is 72.4 cm³/mol. The van der Waals surface area contributed by atoms with Crippen LogP contribution in [0.2, 0.25) is 0 Å². The third-order valence-corrected chi connectivity index (χ3v) is 5.39. The number of hydrogen-bond donors (Lipinski definition) is 0. The first-order chi connectivity index (χ1) is 9.08. The topological polar surface area (TPSA) is 35.5 Å². The maximum atomic E-state index is 11.7. The summed E-state index contributed by atoms with van der Waals surface area (Å²) in [6.45, 7) is 6.16. The van der Waals surface area contributed by atoms with E-state index in [1.807, 2.05) is 13.0 Å². The van der Waals surface area contributed by atoms with Crippen molar-refractivity contribution in [3.63, 3.8) is 0 Å². The summed E-state index contributed by atoms with van der Waals surface area (Å²) in [5, 5.41) is 0. The third-order valence-electron chi connectivity index (χ3n) is 3.25. The molecule has 106 valence electrons. The van der Waals surface area contributed by atoms with E-state index in [1.165, 1.54) is 35.2 Å². The average molecular weight is 434 g/mol. The number of allylic oxidation sites excluding steroid dienone is 2. The van der Waals surface area contributed by atoms with Gasteiger partial charge in [0.15, 0.2) is 0 Å². The summed E-state index contributed by atoms with van der Waals surface area (Å²) < 4.78 is 11.6. The minimum atomic E-state index is -0.0851. The van der Waals surface area contributed by atoms with E-state index in [1.54, 1.807) is 7.11 Å². The molecule has 1 rings (SSSR count). The van der Waals surface area contributed by atoms with Crippen molar-refractivity contribution >= 4 is 9.87 Å². The van der Waals surface area contributed by atoms with Crippen molar-refractivity contribution in [3.05, 3.63) is 24.0 Å². The van der Waals surface area contributed by atoms with Gasteiger partial charge in [-0.1, -0.05) is 0 Å². The Balaban J connectivity index is 2.76. The van der Waals surface area contributed by atoms with Crippen LogP contribution in [0.1, 0.15) is 39.0 Å². The van der Waals surface area contributed by atoms with E-state index in [-0.39, 0.29) is 5.97 Å². The molecular weight excluding hydrogens is 412 g/mol. The van der Waals surface area contributed by atoms with Crippen molar-refractivity contribution in [1.29, 1.82) is 0 Å². The first-order valence-electron chi connectivity index (χ1n) is 6.71. The molecule has 0 bridgehead atoms. The molecule has 1 aliphatic rings. The second-order valence-electron chi connectivity index (χ2n) is 4.66. The molecule has 3 nitrogen and oxygen atoms in total. The summed E-state index contributed by atoms with van der Waals surface area (Å²) in [6, 6.07) is 0. The molecule has 4 heteroatoms. The molecule has 19 heavy (non-hydrogen) atoms. The quantitative estimate of drug-likeness (QED) is 0.380. The van der Waals surface area contributed by atoms with E-state index in [4.69, 9.17) is 9.47 Å². The standard InChI is InChI=1S/C15H22O3.W/c1-4-18-15(16)11-14-8-6-5-7-13(10-14)9-12(2)17-3;/h9,14H,2,4-8,11H2,1,3H3;. The van der Waals surface area contributed by atoms with Crippen LogP contribution < -0.4 is 0 Å². The molecule has 0 radical (unpaired) electrons. The van der Waals surface area contributed by atoms with Gasteiger partial charge >= 0.3 is 126 Å². The Morgan fingerprint density at radius 1 is 1.53 bits per heavy atom. The number of esters is 1. The fraction of sp³-hybridized carbons (Fsp3) is 0.600. The Morgan fingerprint density at radius 2 is 2.26 bits per heavy atom. The van der Waals surface area contributed by atoms with Gasteiger partial charge in [0, 0.05) is 0 Å². The Kier molecular flexibility index (Phi) is 7.30. The van der Waals surface area contributed by atoms with Gasteiger partial charge in [0.2, 0.25) is 0 Å². The molecule has 1 fully saturated rings. The van der Waals surface area contributed by atoms with Crippen LogP contribution in [0, 0.1) is 5.92 Å². The molecule has 1 atom stereocenters. The van der Waals surface area contributed by atoms with Crippen LogP contribution in [0.5, 0.6) is 0 Å². The number of rotatable bonds is 5. The molecule has 0 aromatic heterocycles. The van der Waals surface area contributed by atoms with Crippen LogP contribution in [-0.2, 0) is 33.6 Å². The van der Waals surface area contributed by atoms with Crippen LogP contribution >= 0.6 is 0 Å². The normalized spacial score (nSPS) is 21.9. The molecule has 0 spiro atoms. The van der Waals surface area contributed by atoms with Gasteiger partial charge in [-0.2, -0.15) is 0 Å². The van der Waals surface area contributed by atoms with E-state index in [0.717, 1.165) is 19.3 Å². The van der Waals surface area contributed by atoms with Gasteiger partial charge in [-0.25, -0.2) is 0 Å².